The van der Waals surface area contributed by atoms with E-state index in [9.17, 15) is 9.59 Å². The highest BCUT2D eigenvalue weighted by atomic mass is 16.5. The van der Waals surface area contributed by atoms with Crippen LogP contribution in [0.15, 0.2) is 79.0 Å². The van der Waals surface area contributed by atoms with Crippen LogP contribution < -0.4 is 15.4 Å². The van der Waals surface area contributed by atoms with Gasteiger partial charge in [-0.1, -0.05) is 68.4 Å². The number of carbonyl (C=O) groups is 2. The minimum absolute atomic E-state index is 0.216. The van der Waals surface area contributed by atoms with Gasteiger partial charge in [-0.05, 0) is 74.2 Å². The molecular formula is C36H45N5O3. The van der Waals surface area contributed by atoms with E-state index in [1.165, 1.54) is 5.56 Å². The molecule has 5 rings (SSSR count). The van der Waals surface area contributed by atoms with Crippen molar-refractivity contribution in [3.63, 3.8) is 0 Å². The number of aromatic amines is 1. The molecule has 3 amide bonds. The lowest BCUT2D eigenvalue weighted by molar-refractivity contribution is -0.118. The molecule has 1 aliphatic heterocycles. The Hall–Kier alpha value is -4.30. The van der Waals surface area contributed by atoms with Gasteiger partial charge in [-0.3, -0.25) is 4.79 Å². The molecule has 1 fully saturated rings. The quantitative estimate of drug-likeness (QED) is 0.180. The summed E-state index contributed by atoms with van der Waals surface area (Å²) in [7, 11) is 4.02. The molecule has 1 aromatic heterocycles. The third-order valence-corrected chi connectivity index (χ3v) is 8.49. The Balaban J connectivity index is 1.38. The number of rotatable bonds is 11. The number of anilines is 1. The van der Waals surface area contributed by atoms with E-state index in [0.29, 0.717) is 37.1 Å². The fourth-order valence-electron chi connectivity index (χ4n) is 6.12. The van der Waals surface area contributed by atoms with Crippen LogP contribution >= 0.6 is 0 Å². The molecule has 1 saturated heterocycles. The molecule has 0 radical (unpaired) electrons. The summed E-state index contributed by atoms with van der Waals surface area (Å²) < 4.78 is 6.01. The SMILES string of the molecule is CCCOc1ccc(CN(C)C)cc1NC(=O)[C@H](NC(=O)N1CCC(c2ccccc2)CC1)[C@@H](C)c1c[nH]c2ccccc12. The van der Waals surface area contributed by atoms with E-state index < -0.39 is 6.04 Å². The second-order valence-electron chi connectivity index (χ2n) is 12.1. The Labute approximate surface area is 260 Å². The Kier molecular flexibility index (Phi) is 10.2. The van der Waals surface area contributed by atoms with Crippen LogP contribution in [0, 0.1) is 0 Å². The van der Waals surface area contributed by atoms with Crippen molar-refractivity contribution in [2.75, 3.05) is 39.1 Å². The zero-order valence-electron chi connectivity index (χ0n) is 26.3. The first-order chi connectivity index (χ1) is 21.3. The van der Waals surface area contributed by atoms with E-state index >= 15 is 0 Å². The van der Waals surface area contributed by atoms with Crippen molar-refractivity contribution in [2.24, 2.45) is 0 Å². The fourth-order valence-corrected chi connectivity index (χ4v) is 6.12. The highest BCUT2D eigenvalue weighted by Gasteiger charge is 2.33. The molecule has 1 aliphatic rings. The second kappa shape index (κ2) is 14.4. The summed E-state index contributed by atoms with van der Waals surface area (Å²) in [5.41, 5.74) is 4.95. The van der Waals surface area contributed by atoms with Gasteiger partial charge in [0.25, 0.3) is 0 Å². The molecule has 2 atom stereocenters. The molecule has 0 bridgehead atoms. The summed E-state index contributed by atoms with van der Waals surface area (Å²) in [5.74, 6) is 0.469. The molecule has 232 valence electrons. The van der Waals surface area contributed by atoms with Gasteiger partial charge in [-0.25, -0.2) is 4.79 Å². The second-order valence-corrected chi connectivity index (χ2v) is 12.1. The number of fused-ring (bicyclic) bond motifs is 1. The Morgan fingerprint density at radius 1 is 1.02 bits per heavy atom. The lowest BCUT2D eigenvalue weighted by Gasteiger charge is -2.34. The Morgan fingerprint density at radius 2 is 1.75 bits per heavy atom. The molecule has 0 aliphatic carbocycles. The fraction of sp³-hybridized carbons (Fsp3) is 0.389. The molecule has 0 unspecified atom stereocenters. The highest BCUT2D eigenvalue weighted by Crippen LogP contribution is 2.32. The number of hydrogen-bond acceptors (Lipinski definition) is 4. The smallest absolute Gasteiger partial charge is 0.318 e. The van der Waals surface area contributed by atoms with Gasteiger partial charge in [0, 0.05) is 42.7 Å². The third-order valence-electron chi connectivity index (χ3n) is 8.49. The molecule has 2 heterocycles. The molecule has 0 saturated carbocycles. The highest BCUT2D eigenvalue weighted by molar-refractivity contribution is 5.99. The minimum Gasteiger partial charge on any atom is -0.491 e. The number of ether oxygens (including phenoxy) is 1. The maximum absolute atomic E-state index is 14.2. The molecule has 3 N–H and O–H groups in total. The molecule has 44 heavy (non-hydrogen) atoms. The zero-order valence-corrected chi connectivity index (χ0v) is 26.3. The molecule has 8 heteroatoms. The standard InChI is InChI=1S/C36H45N5O3/c1-5-21-44-33-16-15-26(24-40(3)4)22-32(33)38-35(42)34(25(2)30-23-37-31-14-10-9-13-29(30)31)39-36(43)41-19-17-28(18-20-41)27-11-7-6-8-12-27/h6-16,22-23,25,28,34,37H,5,17-21,24H2,1-4H3,(H,38,42)(H,39,43)/t25-,34+/m0/s1. The van der Waals surface area contributed by atoms with Crippen molar-refractivity contribution in [2.45, 2.75) is 57.5 Å². The average molecular weight is 596 g/mol. The van der Waals surface area contributed by atoms with Gasteiger partial charge in [0.05, 0.1) is 12.3 Å². The van der Waals surface area contributed by atoms with Gasteiger partial charge < -0.3 is 30.2 Å². The zero-order chi connectivity index (χ0) is 31.1. The van der Waals surface area contributed by atoms with Crippen LogP contribution in [-0.2, 0) is 11.3 Å². The normalized spacial score (nSPS) is 15.2. The largest absolute Gasteiger partial charge is 0.491 e. The molecule has 3 aromatic carbocycles. The lowest BCUT2D eigenvalue weighted by atomic mass is 9.89. The van der Waals surface area contributed by atoms with Gasteiger partial charge in [-0.15, -0.1) is 0 Å². The van der Waals surface area contributed by atoms with Gasteiger partial charge in [0.2, 0.25) is 5.91 Å². The van der Waals surface area contributed by atoms with Gasteiger partial charge in [-0.2, -0.15) is 0 Å². The molecular weight excluding hydrogens is 550 g/mol. The van der Waals surface area contributed by atoms with Crippen molar-refractivity contribution in [3.05, 3.63) is 95.7 Å². The summed E-state index contributed by atoms with van der Waals surface area (Å²) in [4.78, 5) is 35.2. The van der Waals surface area contributed by atoms with Gasteiger partial charge in [0.1, 0.15) is 11.8 Å². The monoisotopic (exact) mass is 595 g/mol. The summed E-state index contributed by atoms with van der Waals surface area (Å²) in [5, 5.41) is 7.31. The summed E-state index contributed by atoms with van der Waals surface area (Å²) in [6.45, 7) is 6.60. The van der Waals surface area contributed by atoms with Crippen molar-refractivity contribution in [1.82, 2.24) is 20.1 Å². The predicted octanol–water partition coefficient (Wildman–Crippen LogP) is 6.72. The number of urea groups is 1. The number of carbonyl (C=O) groups excluding carboxylic acids is 2. The maximum atomic E-state index is 14.2. The van der Waals surface area contributed by atoms with E-state index in [-0.39, 0.29) is 17.9 Å². The number of nitrogens with one attached hydrogen (secondary N) is 3. The number of piperidine rings is 1. The van der Waals surface area contributed by atoms with Crippen LogP contribution in [0.25, 0.3) is 10.9 Å². The summed E-state index contributed by atoms with van der Waals surface area (Å²) >= 11 is 0. The van der Waals surface area contributed by atoms with Gasteiger partial charge >= 0.3 is 6.03 Å². The van der Waals surface area contributed by atoms with E-state index in [1.807, 2.05) is 80.6 Å². The summed E-state index contributed by atoms with van der Waals surface area (Å²) in [6, 6.07) is 23.4. The summed E-state index contributed by atoms with van der Waals surface area (Å²) in [6.07, 6.45) is 4.58. The third kappa shape index (κ3) is 7.42. The van der Waals surface area contributed by atoms with Crippen LogP contribution in [-0.4, -0.2) is 66.6 Å². The number of H-pyrrole nitrogens is 1. The average Bonchev–Trinajstić information content (AvgIpc) is 3.47. The van der Waals surface area contributed by atoms with Crippen molar-refractivity contribution >= 4 is 28.5 Å². The van der Waals surface area contributed by atoms with Crippen LogP contribution in [0.4, 0.5) is 10.5 Å². The number of aromatic nitrogens is 1. The van der Waals surface area contributed by atoms with Crippen LogP contribution in [0.2, 0.25) is 0 Å². The van der Waals surface area contributed by atoms with Crippen molar-refractivity contribution in [3.8, 4) is 5.75 Å². The topological polar surface area (TPSA) is 89.7 Å². The minimum atomic E-state index is -0.815. The number of likely N-dealkylation sites (tertiary alicyclic amines) is 1. The molecule has 8 nitrogen and oxygen atoms in total. The number of benzene rings is 3. The van der Waals surface area contributed by atoms with Gasteiger partial charge in [0.15, 0.2) is 0 Å². The Morgan fingerprint density at radius 3 is 2.48 bits per heavy atom. The molecule has 0 spiro atoms. The van der Waals surface area contributed by atoms with E-state index in [4.69, 9.17) is 4.74 Å². The van der Waals surface area contributed by atoms with Crippen LogP contribution in [0.3, 0.4) is 0 Å². The Bertz CT molecular complexity index is 1540. The number of hydrogen-bond donors (Lipinski definition) is 3. The van der Waals surface area contributed by atoms with E-state index in [1.54, 1.807) is 0 Å². The first kappa shape index (κ1) is 31.1. The van der Waals surface area contributed by atoms with Crippen molar-refractivity contribution in [1.29, 1.82) is 0 Å². The van der Waals surface area contributed by atoms with Crippen LogP contribution in [0.1, 0.15) is 61.6 Å². The van der Waals surface area contributed by atoms with Crippen molar-refractivity contribution < 1.29 is 14.3 Å². The maximum Gasteiger partial charge on any atom is 0.318 e. The number of para-hydroxylation sites is 1. The van der Waals surface area contributed by atoms with E-state index in [2.05, 4.69) is 51.7 Å². The first-order valence-electron chi connectivity index (χ1n) is 15.7. The lowest BCUT2D eigenvalue weighted by Crippen LogP contribution is -2.53. The number of nitrogens with zero attached hydrogens (tertiary/aromatic N) is 2. The predicted molar refractivity (Wildman–Crippen MR) is 177 cm³/mol. The van der Waals surface area contributed by atoms with Crippen LogP contribution in [0.5, 0.6) is 5.75 Å². The van der Waals surface area contributed by atoms with E-state index in [0.717, 1.165) is 47.8 Å². The number of amides is 3. The first-order valence-corrected chi connectivity index (χ1v) is 15.7. The molecule has 4 aromatic rings.